The van der Waals surface area contributed by atoms with E-state index in [1.807, 2.05) is 24.3 Å². The summed E-state index contributed by atoms with van der Waals surface area (Å²) in [4.78, 5) is 8.21. The molecule has 0 saturated carbocycles. The summed E-state index contributed by atoms with van der Waals surface area (Å²) in [5.74, 6) is 0.771. The van der Waals surface area contributed by atoms with Gasteiger partial charge < -0.3 is 10.8 Å². The molecule has 0 aliphatic heterocycles. The number of nitrogens with zero attached hydrogens (tertiary/aromatic N) is 2. The molecule has 72 valence electrons. The zero-order chi connectivity index (χ0) is 10.1. The van der Waals surface area contributed by atoms with E-state index in [0.29, 0.717) is 11.6 Å². The Balaban J connectivity index is 2.72. The topological polar surface area (TPSA) is 72.0 Å². The number of para-hydroxylation sites is 1. The first-order valence-corrected chi connectivity index (χ1v) is 4.38. The van der Waals surface area contributed by atoms with Crippen molar-refractivity contribution in [3.05, 3.63) is 30.1 Å². The number of rotatable bonds is 1. The largest absolute Gasteiger partial charge is 0.385 e. The van der Waals surface area contributed by atoms with E-state index < -0.39 is 6.10 Å². The minimum Gasteiger partial charge on any atom is -0.385 e. The SMILES string of the molecule is C[C@H](O)c1nc(N)c2ccccc2n1. The monoisotopic (exact) mass is 189 g/mol. The lowest BCUT2D eigenvalue weighted by atomic mass is 10.2. The van der Waals surface area contributed by atoms with Crippen LogP contribution in [0.1, 0.15) is 18.9 Å². The average molecular weight is 189 g/mol. The molecule has 0 fully saturated rings. The van der Waals surface area contributed by atoms with Crippen LogP contribution in [0.15, 0.2) is 24.3 Å². The number of hydrogen-bond donors (Lipinski definition) is 2. The van der Waals surface area contributed by atoms with Gasteiger partial charge in [-0.2, -0.15) is 0 Å². The highest BCUT2D eigenvalue weighted by atomic mass is 16.3. The molecule has 3 N–H and O–H groups in total. The third kappa shape index (κ3) is 1.40. The Morgan fingerprint density at radius 3 is 2.71 bits per heavy atom. The summed E-state index contributed by atoms with van der Waals surface area (Å²) in [6.45, 7) is 1.61. The van der Waals surface area contributed by atoms with Crippen LogP contribution in [0, 0.1) is 0 Å². The predicted octanol–water partition coefficient (Wildman–Crippen LogP) is 1.27. The second-order valence-electron chi connectivity index (χ2n) is 3.16. The van der Waals surface area contributed by atoms with Crippen LogP contribution in [-0.2, 0) is 0 Å². The Bertz CT molecular complexity index is 468. The Morgan fingerprint density at radius 2 is 2.00 bits per heavy atom. The van der Waals surface area contributed by atoms with Crippen LogP contribution in [0.2, 0.25) is 0 Å². The lowest BCUT2D eigenvalue weighted by Gasteiger charge is -2.06. The number of fused-ring (bicyclic) bond motifs is 1. The average Bonchev–Trinajstić information content (AvgIpc) is 2.17. The molecular formula is C10H11N3O. The summed E-state index contributed by atoms with van der Waals surface area (Å²) in [7, 11) is 0. The summed E-state index contributed by atoms with van der Waals surface area (Å²) < 4.78 is 0. The standard InChI is InChI=1S/C10H11N3O/c1-6(14)10-12-8-5-3-2-4-7(8)9(11)13-10/h2-6,14H,1H3,(H2,11,12,13)/t6-/m0/s1. The fourth-order valence-electron chi connectivity index (χ4n) is 1.31. The summed E-state index contributed by atoms with van der Waals surface area (Å²) in [6.07, 6.45) is -0.693. The highest BCUT2D eigenvalue weighted by Gasteiger charge is 2.08. The van der Waals surface area contributed by atoms with Gasteiger partial charge in [0.05, 0.1) is 5.52 Å². The molecule has 1 heterocycles. The van der Waals surface area contributed by atoms with Gasteiger partial charge in [0.15, 0.2) is 5.82 Å². The van der Waals surface area contributed by atoms with Crippen LogP contribution in [0.4, 0.5) is 5.82 Å². The Labute approximate surface area is 81.4 Å². The smallest absolute Gasteiger partial charge is 0.159 e. The second-order valence-corrected chi connectivity index (χ2v) is 3.16. The van der Waals surface area contributed by atoms with Crippen LogP contribution in [0.5, 0.6) is 0 Å². The number of benzene rings is 1. The molecule has 14 heavy (non-hydrogen) atoms. The maximum atomic E-state index is 9.33. The highest BCUT2D eigenvalue weighted by molar-refractivity contribution is 5.87. The van der Waals surface area contributed by atoms with Gasteiger partial charge in [-0.15, -0.1) is 0 Å². The molecule has 0 aliphatic carbocycles. The van der Waals surface area contributed by atoms with Crippen LogP contribution >= 0.6 is 0 Å². The lowest BCUT2D eigenvalue weighted by Crippen LogP contribution is -2.03. The van der Waals surface area contributed by atoms with Gasteiger partial charge in [0.25, 0.3) is 0 Å². The molecule has 1 atom stereocenters. The quantitative estimate of drug-likeness (QED) is 0.708. The molecule has 1 aromatic carbocycles. The van der Waals surface area contributed by atoms with Gasteiger partial charge in [-0.25, -0.2) is 9.97 Å². The maximum Gasteiger partial charge on any atom is 0.159 e. The van der Waals surface area contributed by atoms with Gasteiger partial charge >= 0.3 is 0 Å². The van der Waals surface area contributed by atoms with Gasteiger partial charge in [-0.1, -0.05) is 12.1 Å². The summed E-state index contributed by atoms with van der Waals surface area (Å²) >= 11 is 0. The molecule has 2 rings (SSSR count). The van der Waals surface area contributed by atoms with Gasteiger partial charge in [0.2, 0.25) is 0 Å². The van der Waals surface area contributed by atoms with Gasteiger partial charge in [0.1, 0.15) is 11.9 Å². The fourth-order valence-corrected chi connectivity index (χ4v) is 1.31. The van der Waals surface area contributed by atoms with E-state index in [2.05, 4.69) is 9.97 Å². The number of nitrogens with two attached hydrogens (primary N) is 1. The molecule has 0 unspecified atom stereocenters. The van der Waals surface area contributed by atoms with Crippen LogP contribution < -0.4 is 5.73 Å². The minimum atomic E-state index is -0.693. The summed E-state index contributed by atoms with van der Waals surface area (Å²) in [5.41, 5.74) is 6.49. The number of nitrogen functional groups attached to an aromatic ring is 1. The van der Waals surface area contributed by atoms with Crippen molar-refractivity contribution in [1.29, 1.82) is 0 Å². The van der Waals surface area contributed by atoms with E-state index in [4.69, 9.17) is 5.73 Å². The van der Waals surface area contributed by atoms with E-state index in [-0.39, 0.29) is 0 Å². The predicted molar refractivity (Wildman–Crippen MR) is 54.6 cm³/mol. The molecule has 4 nitrogen and oxygen atoms in total. The molecular weight excluding hydrogens is 178 g/mol. The molecule has 0 bridgehead atoms. The number of hydrogen-bond acceptors (Lipinski definition) is 4. The van der Waals surface area contributed by atoms with Crippen LogP contribution in [0.25, 0.3) is 10.9 Å². The second kappa shape index (κ2) is 3.23. The number of anilines is 1. The highest BCUT2D eigenvalue weighted by Crippen LogP contribution is 2.19. The lowest BCUT2D eigenvalue weighted by molar-refractivity contribution is 0.189. The van der Waals surface area contributed by atoms with Crippen molar-refractivity contribution >= 4 is 16.7 Å². The first-order valence-electron chi connectivity index (χ1n) is 4.38. The van der Waals surface area contributed by atoms with E-state index in [1.165, 1.54) is 0 Å². The van der Waals surface area contributed by atoms with Gasteiger partial charge in [-0.05, 0) is 19.1 Å². The van der Waals surface area contributed by atoms with Crippen LogP contribution in [-0.4, -0.2) is 15.1 Å². The van der Waals surface area contributed by atoms with E-state index in [0.717, 1.165) is 10.9 Å². The Kier molecular flexibility index (Phi) is 2.05. The third-order valence-corrected chi connectivity index (χ3v) is 2.02. The summed E-state index contributed by atoms with van der Waals surface area (Å²) in [5, 5.41) is 10.1. The minimum absolute atomic E-state index is 0.362. The van der Waals surface area contributed by atoms with Crippen molar-refractivity contribution in [2.24, 2.45) is 0 Å². The van der Waals surface area contributed by atoms with Crippen molar-refractivity contribution < 1.29 is 5.11 Å². The van der Waals surface area contributed by atoms with Crippen molar-refractivity contribution in [3.8, 4) is 0 Å². The maximum absolute atomic E-state index is 9.33. The molecule has 2 aromatic rings. The van der Waals surface area contributed by atoms with Gasteiger partial charge in [-0.3, -0.25) is 0 Å². The molecule has 1 aromatic heterocycles. The molecule has 0 radical (unpaired) electrons. The Hall–Kier alpha value is -1.68. The molecule has 0 amide bonds. The zero-order valence-electron chi connectivity index (χ0n) is 7.81. The Morgan fingerprint density at radius 1 is 1.29 bits per heavy atom. The first kappa shape index (κ1) is 8.90. The fraction of sp³-hybridized carbons (Fsp3) is 0.200. The van der Waals surface area contributed by atoms with Crippen LogP contribution in [0.3, 0.4) is 0 Å². The summed E-state index contributed by atoms with van der Waals surface area (Å²) in [6, 6.07) is 7.46. The molecule has 4 heteroatoms. The third-order valence-electron chi connectivity index (χ3n) is 2.02. The number of aromatic nitrogens is 2. The van der Waals surface area contributed by atoms with E-state index in [9.17, 15) is 5.11 Å². The normalized spacial score (nSPS) is 13.0. The van der Waals surface area contributed by atoms with Crippen molar-refractivity contribution in [2.45, 2.75) is 13.0 Å². The van der Waals surface area contributed by atoms with Crippen molar-refractivity contribution in [3.63, 3.8) is 0 Å². The number of aliphatic hydroxyl groups excluding tert-OH is 1. The van der Waals surface area contributed by atoms with Crippen molar-refractivity contribution in [1.82, 2.24) is 9.97 Å². The van der Waals surface area contributed by atoms with Crippen molar-refractivity contribution in [2.75, 3.05) is 5.73 Å². The van der Waals surface area contributed by atoms with Gasteiger partial charge in [0, 0.05) is 5.39 Å². The first-order chi connectivity index (χ1) is 6.68. The zero-order valence-corrected chi connectivity index (χ0v) is 7.81. The molecule has 0 spiro atoms. The molecule has 0 saturated heterocycles. The van der Waals surface area contributed by atoms with E-state index >= 15 is 0 Å². The van der Waals surface area contributed by atoms with E-state index in [1.54, 1.807) is 6.92 Å². The number of aliphatic hydroxyl groups is 1. The molecule has 0 aliphatic rings.